The minimum atomic E-state index is -6.47. The Labute approximate surface area is 172 Å². The highest BCUT2D eigenvalue weighted by atomic mass is 32.2. The molecule has 0 heterocycles. The number of hydrogen-bond acceptors (Lipinski definition) is 7. The molecule has 0 aromatic heterocycles. The molecule has 0 aromatic carbocycles. The van der Waals surface area contributed by atoms with Crippen molar-refractivity contribution in [1.29, 1.82) is 0 Å². The third-order valence-corrected chi connectivity index (χ3v) is 4.39. The molecule has 1 unspecified atom stereocenters. The van der Waals surface area contributed by atoms with Gasteiger partial charge in [-0.2, -0.15) is 39.2 Å². The van der Waals surface area contributed by atoms with E-state index in [9.17, 15) is 48.7 Å². The summed E-state index contributed by atoms with van der Waals surface area (Å²) in [5.41, 5.74) is -0.561. The van der Waals surface area contributed by atoms with Gasteiger partial charge in [0.05, 0.1) is 13.2 Å². The van der Waals surface area contributed by atoms with E-state index < -0.39 is 83.2 Å². The predicted octanol–water partition coefficient (Wildman–Crippen LogP) is 3.23. The van der Waals surface area contributed by atoms with E-state index in [0.29, 0.717) is 0 Å². The molecule has 0 rings (SSSR count). The Morgan fingerprint density at radius 3 is 1.94 bits per heavy atom. The van der Waals surface area contributed by atoms with Gasteiger partial charge in [-0.3, -0.25) is 4.55 Å². The van der Waals surface area contributed by atoms with Gasteiger partial charge in [0.1, 0.15) is 0 Å². The van der Waals surface area contributed by atoms with Crippen LogP contribution in [0.4, 0.5) is 30.7 Å². The van der Waals surface area contributed by atoms with Crippen molar-refractivity contribution in [2.75, 3.05) is 13.2 Å². The van der Waals surface area contributed by atoms with Gasteiger partial charge in [0.25, 0.3) is 0 Å². The van der Waals surface area contributed by atoms with Gasteiger partial charge in [-0.25, -0.2) is 9.59 Å². The Morgan fingerprint density at radius 2 is 1.55 bits per heavy atom. The summed E-state index contributed by atoms with van der Waals surface area (Å²) in [6, 6.07) is 0. The van der Waals surface area contributed by atoms with Crippen LogP contribution < -0.4 is 0 Å². The van der Waals surface area contributed by atoms with Gasteiger partial charge in [-0.15, -0.1) is 0 Å². The van der Waals surface area contributed by atoms with E-state index in [1.54, 1.807) is 0 Å². The first-order chi connectivity index (χ1) is 13.8. The molecule has 8 nitrogen and oxygen atoms in total. The molecule has 0 aliphatic rings. The Morgan fingerprint density at radius 1 is 1.03 bits per heavy atom. The van der Waals surface area contributed by atoms with E-state index >= 15 is 0 Å². The van der Waals surface area contributed by atoms with Crippen molar-refractivity contribution in [3.05, 3.63) is 12.2 Å². The first-order valence-corrected chi connectivity index (χ1v) is 9.70. The average Bonchev–Trinajstić information content (AvgIpc) is 2.57. The van der Waals surface area contributed by atoms with Gasteiger partial charge in [0, 0.05) is 12.0 Å². The maximum Gasteiger partial charge on any atom is 0.468 e. The number of unbranched alkanes of at least 4 members (excludes halogenated alkanes) is 1. The molecule has 0 spiro atoms. The van der Waals surface area contributed by atoms with Crippen molar-refractivity contribution in [1.82, 2.24) is 0 Å². The van der Waals surface area contributed by atoms with Crippen molar-refractivity contribution in [3.63, 3.8) is 0 Å². The van der Waals surface area contributed by atoms with Crippen molar-refractivity contribution in [3.8, 4) is 0 Å². The van der Waals surface area contributed by atoms with Crippen LogP contribution in [-0.4, -0.2) is 61.3 Å². The van der Waals surface area contributed by atoms with E-state index in [-0.39, 0.29) is 0 Å². The maximum absolute atomic E-state index is 13.5. The minimum Gasteiger partial charge on any atom is -0.461 e. The first-order valence-electron chi connectivity index (χ1n) is 8.26. The highest BCUT2D eigenvalue weighted by molar-refractivity contribution is 7.87. The summed E-state index contributed by atoms with van der Waals surface area (Å²) in [6.45, 7) is 3.28. The number of carbonyl (C=O) groups is 2. The zero-order chi connectivity index (χ0) is 24.9. The van der Waals surface area contributed by atoms with Crippen LogP contribution in [0.2, 0.25) is 0 Å². The smallest absolute Gasteiger partial charge is 0.461 e. The van der Waals surface area contributed by atoms with Crippen molar-refractivity contribution in [2.24, 2.45) is 0 Å². The lowest BCUT2D eigenvalue weighted by molar-refractivity contribution is -0.354. The second-order valence-corrected chi connectivity index (χ2v) is 7.47. The van der Waals surface area contributed by atoms with E-state index in [4.69, 9.17) is 4.55 Å². The van der Waals surface area contributed by atoms with E-state index in [2.05, 4.69) is 20.8 Å². The van der Waals surface area contributed by atoms with Crippen LogP contribution in [0.1, 0.15) is 33.1 Å². The normalized spacial score (nSPS) is 15.2. The van der Waals surface area contributed by atoms with Crippen LogP contribution in [-0.2, 0) is 33.9 Å². The molecule has 0 aromatic rings. The van der Waals surface area contributed by atoms with E-state index in [1.165, 1.54) is 0 Å². The Hall–Kier alpha value is -1.94. The van der Waals surface area contributed by atoms with Crippen LogP contribution in [0.25, 0.3) is 0 Å². The van der Waals surface area contributed by atoms with Gasteiger partial charge < -0.3 is 14.2 Å². The van der Waals surface area contributed by atoms with Crippen molar-refractivity contribution >= 4 is 22.1 Å². The molecule has 16 heteroatoms. The predicted molar refractivity (Wildman–Crippen MR) is 87.6 cm³/mol. The SMILES string of the molecule is C=C(C)C(=O)OC(OCCCCC(F)(F)C(F)(F)S(=O)(=O)O)(C(=O)OCC)C(F)(F)F. The Balaban J connectivity index is 5.44. The molecule has 0 saturated carbocycles. The van der Waals surface area contributed by atoms with Gasteiger partial charge >= 0.3 is 45.2 Å². The van der Waals surface area contributed by atoms with Crippen LogP contribution in [0.15, 0.2) is 12.2 Å². The summed E-state index contributed by atoms with van der Waals surface area (Å²) >= 11 is 0. The Kier molecular flexibility index (Phi) is 9.49. The van der Waals surface area contributed by atoms with Crippen LogP contribution in [0, 0.1) is 0 Å². The number of ether oxygens (including phenoxy) is 3. The zero-order valence-electron chi connectivity index (χ0n) is 16.1. The largest absolute Gasteiger partial charge is 0.468 e. The molecular weight excluding hydrogens is 473 g/mol. The summed E-state index contributed by atoms with van der Waals surface area (Å²) in [5, 5.41) is -5.85. The number of halogens is 7. The third-order valence-electron chi connectivity index (χ3n) is 3.44. The summed E-state index contributed by atoms with van der Waals surface area (Å²) in [7, 11) is -6.47. The fraction of sp³-hybridized carbons (Fsp3) is 0.733. The quantitative estimate of drug-likeness (QED) is 0.110. The molecular formula is C15H19F7O8S. The number of hydrogen-bond donors (Lipinski definition) is 1. The summed E-state index contributed by atoms with van der Waals surface area (Å²) in [4.78, 5) is 23.4. The monoisotopic (exact) mass is 492 g/mol. The highest BCUT2D eigenvalue weighted by Crippen LogP contribution is 2.42. The lowest BCUT2D eigenvalue weighted by Gasteiger charge is -2.32. The molecule has 0 aliphatic heterocycles. The average molecular weight is 492 g/mol. The van der Waals surface area contributed by atoms with E-state index in [1.807, 2.05) is 0 Å². The maximum atomic E-state index is 13.5. The van der Waals surface area contributed by atoms with Gasteiger partial charge in [0.15, 0.2) is 0 Å². The molecule has 0 radical (unpaired) electrons. The Bertz CT molecular complexity index is 779. The topological polar surface area (TPSA) is 116 Å². The van der Waals surface area contributed by atoms with Crippen LogP contribution >= 0.6 is 0 Å². The van der Waals surface area contributed by atoms with Crippen molar-refractivity contribution in [2.45, 2.75) is 56.3 Å². The second-order valence-electron chi connectivity index (χ2n) is 6.01. The molecule has 0 fully saturated rings. The molecule has 1 N–H and O–H groups in total. The highest BCUT2D eigenvalue weighted by Gasteiger charge is 2.68. The van der Waals surface area contributed by atoms with E-state index in [0.717, 1.165) is 13.8 Å². The standard InChI is InChI=1S/C15H19F7O8S/c1-4-28-11(24)13(14(18,19)20,30-10(23)9(2)3)29-8-6-5-7-12(16,17)15(21,22)31(25,26)27/h2,4-8H2,1,3H3,(H,25,26,27). The number of esters is 2. The number of carbonyl (C=O) groups excluding carboxylic acids is 2. The molecule has 182 valence electrons. The lowest BCUT2D eigenvalue weighted by atomic mass is 10.1. The molecule has 0 aliphatic carbocycles. The zero-order valence-corrected chi connectivity index (χ0v) is 16.9. The third kappa shape index (κ3) is 6.77. The second kappa shape index (κ2) is 10.1. The fourth-order valence-corrected chi connectivity index (χ4v) is 2.31. The molecule has 0 amide bonds. The van der Waals surface area contributed by atoms with Gasteiger partial charge in [-0.1, -0.05) is 6.58 Å². The molecule has 0 bridgehead atoms. The van der Waals surface area contributed by atoms with Crippen LogP contribution in [0.3, 0.4) is 0 Å². The van der Waals surface area contributed by atoms with Gasteiger partial charge in [-0.05, 0) is 26.7 Å². The molecule has 0 saturated heterocycles. The molecule has 31 heavy (non-hydrogen) atoms. The summed E-state index contributed by atoms with van der Waals surface area (Å²) < 4.78 is 135. The molecule has 1 atom stereocenters. The van der Waals surface area contributed by atoms with Crippen molar-refractivity contribution < 1.29 is 67.5 Å². The van der Waals surface area contributed by atoms with Crippen LogP contribution in [0.5, 0.6) is 0 Å². The number of alkyl halides is 7. The first kappa shape index (κ1) is 29.1. The van der Waals surface area contributed by atoms with Gasteiger partial charge in [0.2, 0.25) is 0 Å². The minimum absolute atomic E-state index is 0.561. The lowest BCUT2D eigenvalue weighted by Crippen LogP contribution is -2.58. The summed E-state index contributed by atoms with van der Waals surface area (Å²) in [6.07, 6.45) is -9.47. The number of rotatable bonds is 12. The fourth-order valence-electron chi connectivity index (χ4n) is 1.83. The summed E-state index contributed by atoms with van der Waals surface area (Å²) in [5.74, 6) is -13.5.